The molecule has 0 radical (unpaired) electrons. The van der Waals surface area contributed by atoms with Gasteiger partial charge in [0, 0.05) is 40.0 Å². The number of aliphatic imine (C=N–C) groups is 1. The highest BCUT2D eigenvalue weighted by Gasteiger charge is 2.20. The third-order valence-electron chi connectivity index (χ3n) is 7.54. The summed E-state index contributed by atoms with van der Waals surface area (Å²) in [5, 5.41) is 7.01. The summed E-state index contributed by atoms with van der Waals surface area (Å²) in [6, 6.07) is 27.5. The Morgan fingerprint density at radius 3 is 2.46 bits per heavy atom. The molecule has 3 nitrogen and oxygen atoms in total. The summed E-state index contributed by atoms with van der Waals surface area (Å²) >= 11 is 0. The number of allylic oxidation sites excluding steroid dienone is 5. The summed E-state index contributed by atoms with van der Waals surface area (Å²) in [6.07, 6.45) is 10.7. The van der Waals surface area contributed by atoms with Crippen LogP contribution in [0.5, 0.6) is 0 Å². The van der Waals surface area contributed by atoms with Crippen LogP contribution in [0.1, 0.15) is 29.5 Å². The standard InChI is InChI=1S/C34H26N2O/c1-36-29(23-12-7-11-22(19-23)21-9-3-2-4-10-21)20-28(35)27-17-18-31-34-32(27)25-14-6-5-13-24(25)26-15-8-16-30(37-31)33(26)34/h2-3,5-9,11-20H,4,10,35H2,1H3. The van der Waals surface area contributed by atoms with Crippen LogP contribution in [0.3, 0.4) is 0 Å². The zero-order valence-electron chi connectivity index (χ0n) is 20.7. The summed E-state index contributed by atoms with van der Waals surface area (Å²) < 4.78 is 6.27. The molecule has 1 aliphatic carbocycles. The second kappa shape index (κ2) is 8.49. The quantitative estimate of drug-likeness (QED) is 0.204. The first-order chi connectivity index (χ1) is 18.2. The summed E-state index contributed by atoms with van der Waals surface area (Å²) in [5.41, 5.74) is 14.9. The van der Waals surface area contributed by atoms with E-state index in [2.05, 4.69) is 90.0 Å². The maximum atomic E-state index is 6.88. The number of furan rings is 1. The molecule has 37 heavy (non-hydrogen) atoms. The van der Waals surface area contributed by atoms with E-state index < -0.39 is 0 Å². The van der Waals surface area contributed by atoms with Gasteiger partial charge in [-0.15, -0.1) is 0 Å². The van der Waals surface area contributed by atoms with Gasteiger partial charge in [-0.05, 0) is 70.5 Å². The van der Waals surface area contributed by atoms with E-state index in [4.69, 9.17) is 10.2 Å². The molecule has 0 amide bonds. The second-order valence-electron chi connectivity index (χ2n) is 9.64. The maximum absolute atomic E-state index is 6.88. The van der Waals surface area contributed by atoms with E-state index in [1.165, 1.54) is 27.3 Å². The molecule has 3 heteroatoms. The topological polar surface area (TPSA) is 51.5 Å². The highest BCUT2D eigenvalue weighted by molar-refractivity contribution is 6.34. The first-order valence-corrected chi connectivity index (χ1v) is 12.7. The number of nitrogens with zero attached hydrogens (tertiary/aromatic N) is 1. The van der Waals surface area contributed by atoms with Gasteiger partial charge in [0.2, 0.25) is 0 Å². The average molecular weight is 479 g/mol. The molecule has 7 rings (SSSR count). The van der Waals surface area contributed by atoms with Gasteiger partial charge >= 0.3 is 0 Å². The van der Waals surface area contributed by atoms with Crippen LogP contribution in [-0.4, -0.2) is 12.8 Å². The van der Waals surface area contributed by atoms with Crippen LogP contribution in [-0.2, 0) is 0 Å². The van der Waals surface area contributed by atoms with Gasteiger partial charge < -0.3 is 10.2 Å². The molecule has 0 atom stereocenters. The molecular formula is C34H26N2O. The molecular weight excluding hydrogens is 452 g/mol. The molecule has 0 saturated carbocycles. The van der Waals surface area contributed by atoms with E-state index in [1.807, 2.05) is 25.3 Å². The lowest BCUT2D eigenvalue weighted by atomic mass is 9.90. The van der Waals surface area contributed by atoms with Gasteiger partial charge in [-0.25, -0.2) is 0 Å². The van der Waals surface area contributed by atoms with E-state index in [1.54, 1.807) is 0 Å². The van der Waals surface area contributed by atoms with Crippen molar-refractivity contribution < 1.29 is 4.42 Å². The number of hydrogen-bond donors (Lipinski definition) is 1. The number of nitrogens with two attached hydrogens (primary N) is 1. The van der Waals surface area contributed by atoms with Crippen LogP contribution < -0.4 is 5.73 Å². The minimum Gasteiger partial charge on any atom is -0.456 e. The molecule has 0 bridgehead atoms. The first-order valence-electron chi connectivity index (χ1n) is 12.7. The normalized spacial score (nSPS) is 14.9. The van der Waals surface area contributed by atoms with Crippen LogP contribution in [0, 0.1) is 0 Å². The van der Waals surface area contributed by atoms with Crippen molar-refractivity contribution in [1.82, 2.24) is 0 Å². The highest BCUT2D eigenvalue weighted by atomic mass is 16.3. The van der Waals surface area contributed by atoms with E-state index in [0.717, 1.165) is 57.0 Å². The smallest absolute Gasteiger partial charge is 0.136 e. The van der Waals surface area contributed by atoms with Crippen LogP contribution >= 0.6 is 0 Å². The van der Waals surface area contributed by atoms with Gasteiger partial charge in [0.05, 0.1) is 5.71 Å². The molecule has 1 heterocycles. The Morgan fingerprint density at radius 1 is 0.838 bits per heavy atom. The van der Waals surface area contributed by atoms with E-state index in [9.17, 15) is 0 Å². The lowest BCUT2D eigenvalue weighted by Gasteiger charge is -2.14. The van der Waals surface area contributed by atoms with Crippen molar-refractivity contribution in [2.24, 2.45) is 10.7 Å². The molecule has 1 aromatic heterocycles. The Hall–Kier alpha value is -4.63. The van der Waals surface area contributed by atoms with Crippen molar-refractivity contribution in [2.75, 3.05) is 7.05 Å². The molecule has 0 unspecified atom stereocenters. The monoisotopic (exact) mass is 478 g/mol. The number of hydrogen-bond acceptors (Lipinski definition) is 3. The van der Waals surface area contributed by atoms with Gasteiger partial charge in [-0.1, -0.05) is 72.8 Å². The predicted octanol–water partition coefficient (Wildman–Crippen LogP) is 8.48. The van der Waals surface area contributed by atoms with Gasteiger partial charge in [-0.3, -0.25) is 4.99 Å². The Morgan fingerprint density at radius 2 is 1.62 bits per heavy atom. The molecule has 0 fully saturated rings. The van der Waals surface area contributed by atoms with Crippen molar-refractivity contribution in [3.63, 3.8) is 0 Å². The zero-order valence-corrected chi connectivity index (χ0v) is 20.7. The third kappa shape index (κ3) is 3.39. The van der Waals surface area contributed by atoms with Crippen molar-refractivity contribution >= 4 is 60.5 Å². The first kappa shape index (κ1) is 21.6. The van der Waals surface area contributed by atoms with E-state index >= 15 is 0 Å². The minimum atomic E-state index is 0.686. The maximum Gasteiger partial charge on any atom is 0.136 e. The Balaban J connectivity index is 1.42. The Bertz CT molecular complexity index is 1950. The zero-order chi connectivity index (χ0) is 24.9. The predicted molar refractivity (Wildman–Crippen MR) is 157 cm³/mol. The second-order valence-corrected chi connectivity index (χ2v) is 9.64. The van der Waals surface area contributed by atoms with Crippen molar-refractivity contribution in [3.8, 4) is 0 Å². The highest BCUT2D eigenvalue weighted by Crippen LogP contribution is 2.44. The molecule has 178 valence electrons. The van der Waals surface area contributed by atoms with E-state index in [-0.39, 0.29) is 0 Å². The lowest BCUT2D eigenvalue weighted by molar-refractivity contribution is 0.669. The lowest BCUT2D eigenvalue weighted by Crippen LogP contribution is -2.05. The number of rotatable bonds is 4. The summed E-state index contributed by atoms with van der Waals surface area (Å²) in [6.45, 7) is 0. The summed E-state index contributed by atoms with van der Waals surface area (Å²) in [4.78, 5) is 4.63. The number of fused-ring (bicyclic) bond motifs is 3. The van der Waals surface area contributed by atoms with Crippen LogP contribution in [0.25, 0.3) is 54.8 Å². The molecule has 5 aromatic carbocycles. The largest absolute Gasteiger partial charge is 0.456 e. The van der Waals surface area contributed by atoms with Crippen LogP contribution in [0.15, 0.2) is 113 Å². The third-order valence-corrected chi connectivity index (χ3v) is 7.54. The SMILES string of the molecule is CN=C(C=C(N)c1ccc2oc3cccc4c5ccccc5c1c2c34)c1cccc(C2=CC=CCC2)c1. The van der Waals surface area contributed by atoms with Gasteiger partial charge in [0.25, 0.3) is 0 Å². The minimum absolute atomic E-state index is 0.686. The fraction of sp³-hybridized carbons (Fsp3) is 0.0882. The van der Waals surface area contributed by atoms with Gasteiger partial charge in [-0.2, -0.15) is 0 Å². The summed E-state index contributed by atoms with van der Waals surface area (Å²) in [5.74, 6) is 0. The molecule has 0 saturated heterocycles. The van der Waals surface area contributed by atoms with Crippen molar-refractivity contribution in [3.05, 3.63) is 120 Å². The van der Waals surface area contributed by atoms with Crippen molar-refractivity contribution in [2.45, 2.75) is 12.8 Å². The van der Waals surface area contributed by atoms with Crippen molar-refractivity contribution in [1.29, 1.82) is 0 Å². The van der Waals surface area contributed by atoms with Gasteiger partial charge in [0.15, 0.2) is 0 Å². The average Bonchev–Trinajstić information content (AvgIpc) is 3.35. The molecule has 0 spiro atoms. The Kier molecular flexibility index (Phi) is 4.97. The fourth-order valence-corrected chi connectivity index (χ4v) is 5.81. The van der Waals surface area contributed by atoms with E-state index in [0.29, 0.717) is 5.70 Å². The molecule has 2 N–H and O–H groups in total. The molecule has 0 aliphatic heterocycles. The van der Waals surface area contributed by atoms with Crippen LogP contribution in [0.4, 0.5) is 0 Å². The number of benzene rings is 5. The Labute approximate surface area is 215 Å². The molecule has 1 aliphatic rings. The fourth-order valence-electron chi connectivity index (χ4n) is 5.81. The molecule has 6 aromatic rings. The van der Waals surface area contributed by atoms with Gasteiger partial charge in [0.1, 0.15) is 11.2 Å². The van der Waals surface area contributed by atoms with Crippen LogP contribution in [0.2, 0.25) is 0 Å². The summed E-state index contributed by atoms with van der Waals surface area (Å²) in [7, 11) is 1.83.